The van der Waals surface area contributed by atoms with Crippen LogP contribution in [0, 0.1) is 12.3 Å². The van der Waals surface area contributed by atoms with E-state index in [1.54, 1.807) is 6.92 Å². The Morgan fingerprint density at radius 3 is 2.38 bits per heavy atom. The van der Waals surface area contributed by atoms with E-state index in [9.17, 15) is 14.4 Å². The SMILES string of the molecule is CC(C[CH]C(=O)NC(Cc1ccc(OCc2ccccc2)cc1)C(=O)N1CCSCC1)C(N)=O. The molecule has 1 fully saturated rings. The molecule has 0 aliphatic carbocycles. The van der Waals surface area contributed by atoms with Gasteiger partial charge in [-0.25, -0.2) is 0 Å². The molecule has 3 N–H and O–H groups in total. The number of nitrogens with zero attached hydrogens (tertiary/aromatic N) is 1. The van der Waals surface area contributed by atoms with E-state index < -0.39 is 17.9 Å². The fraction of sp³-hybridized carbons (Fsp3) is 0.385. The van der Waals surface area contributed by atoms with Crippen molar-refractivity contribution in [2.24, 2.45) is 11.7 Å². The second kappa shape index (κ2) is 13.0. The average molecular weight is 483 g/mol. The number of hydrogen-bond acceptors (Lipinski definition) is 5. The summed E-state index contributed by atoms with van der Waals surface area (Å²) in [6, 6.07) is 16.8. The van der Waals surface area contributed by atoms with Crippen molar-refractivity contribution in [2.45, 2.75) is 32.4 Å². The third-order valence-corrected chi connectivity index (χ3v) is 6.63. The van der Waals surface area contributed by atoms with E-state index in [4.69, 9.17) is 10.5 Å². The summed E-state index contributed by atoms with van der Waals surface area (Å²) < 4.78 is 5.84. The van der Waals surface area contributed by atoms with Gasteiger partial charge in [-0.05, 0) is 29.7 Å². The van der Waals surface area contributed by atoms with E-state index in [1.807, 2.05) is 71.3 Å². The minimum absolute atomic E-state index is 0.0885. The Labute approximate surface area is 205 Å². The molecule has 0 bridgehead atoms. The van der Waals surface area contributed by atoms with E-state index >= 15 is 0 Å². The topological polar surface area (TPSA) is 102 Å². The van der Waals surface area contributed by atoms with Crippen molar-refractivity contribution in [2.75, 3.05) is 24.6 Å². The lowest BCUT2D eigenvalue weighted by Gasteiger charge is -2.30. The van der Waals surface area contributed by atoms with Crippen molar-refractivity contribution in [3.63, 3.8) is 0 Å². The molecule has 8 heteroatoms. The van der Waals surface area contributed by atoms with Crippen LogP contribution in [0.3, 0.4) is 0 Å². The van der Waals surface area contributed by atoms with Gasteiger partial charge in [0, 0.05) is 36.9 Å². The Hall–Kier alpha value is -3.00. The van der Waals surface area contributed by atoms with E-state index in [2.05, 4.69) is 5.32 Å². The molecule has 0 saturated carbocycles. The molecule has 7 nitrogen and oxygen atoms in total. The number of amides is 3. The van der Waals surface area contributed by atoms with Crippen LogP contribution in [0.15, 0.2) is 54.6 Å². The van der Waals surface area contributed by atoms with Crippen molar-refractivity contribution < 1.29 is 19.1 Å². The predicted molar refractivity (Wildman–Crippen MR) is 134 cm³/mol. The van der Waals surface area contributed by atoms with Crippen molar-refractivity contribution in [3.05, 3.63) is 72.1 Å². The van der Waals surface area contributed by atoms with Gasteiger partial charge in [0.15, 0.2) is 0 Å². The molecule has 1 aliphatic heterocycles. The molecular weight excluding hydrogens is 450 g/mol. The first kappa shape index (κ1) is 25.6. The van der Waals surface area contributed by atoms with E-state index in [0.29, 0.717) is 26.1 Å². The zero-order chi connectivity index (χ0) is 24.3. The Balaban J connectivity index is 1.62. The van der Waals surface area contributed by atoms with Crippen LogP contribution in [-0.2, 0) is 27.4 Å². The van der Waals surface area contributed by atoms with Crippen molar-refractivity contribution in [3.8, 4) is 5.75 Å². The summed E-state index contributed by atoms with van der Waals surface area (Å²) in [5.41, 5.74) is 7.28. The molecule has 181 valence electrons. The summed E-state index contributed by atoms with van der Waals surface area (Å²) in [4.78, 5) is 38.8. The van der Waals surface area contributed by atoms with Gasteiger partial charge in [0.2, 0.25) is 17.7 Å². The summed E-state index contributed by atoms with van der Waals surface area (Å²) in [5.74, 6) is 1.15. The first-order valence-electron chi connectivity index (χ1n) is 11.5. The minimum atomic E-state index is -0.688. The van der Waals surface area contributed by atoms with Gasteiger partial charge >= 0.3 is 0 Å². The maximum atomic E-state index is 13.2. The highest BCUT2D eigenvalue weighted by atomic mass is 32.2. The Morgan fingerprint density at radius 1 is 1.06 bits per heavy atom. The largest absolute Gasteiger partial charge is 0.489 e. The van der Waals surface area contributed by atoms with Gasteiger partial charge < -0.3 is 20.7 Å². The van der Waals surface area contributed by atoms with Crippen molar-refractivity contribution >= 4 is 29.5 Å². The van der Waals surface area contributed by atoms with Crippen LogP contribution in [0.5, 0.6) is 5.75 Å². The van der Waals surface area contributed by atoms with Crippen LogP contribution in [0.2, 0.25) is 0 Å². The summed E-state index contributed by atoms with van der Waals surface area (Å²) >= 11 is 1.82. The molecule has 1 radical (unpaired) electrons. The van der Waals surface area contributed by atoms with Crippen molar-refractivity contribution in [1.82, 2.24) is 10.2 Å². The first-order valence-corrected chi connectivity index (χ1v) is 12.6. The molecule has 2 aromatic rings. The lowest BCUT2D eigenvalue weighted by Crippen LogP contribution is -2.51. The van der Waals surface area contributed by atoms with E-state index in [-0.39, 0.29) is 18.2 Å². The molecule has 2 unspecified atom stereocenters. The number of nitrogens with two attached hydrogens (primary N) is 1. The predicted octanol–water partition coefficient (Wildman–Crippen LogP) is 2.58. The second-order valence-corrected chi connectivity index (χ2v) is 9.59. The lowest BCUT2D eigenvalue weighted by molar-refractivity contribution is -0.135. The average Bonchev–Trinajstić information content (AvgIpc) is 2.87. The van der Waals surface area contributed by atoms with Crippen LogP contribution >= 0.6 is 11.8 Å². The highest BCUT2D eigenvalue weighted by Crippen LogP contribution is 2.17. The summed E-state index contributed by atoms with van der Waals surface area (Å²) in [6.45, 7) is 3.49. The number of carbonyl (C=O) groups is 3. The molecule has 0 spiro atoms. The van der Waals surface area contributed by atoms with E-state index in [0.717, 1.165) is 28.4 Å². The highest BCUT2D eigenvalue weighted by molar-refractivity contribution is 7.99. The van der Waals surface area contributed by atoms with Crippen LogP contribution in [-0.4, -0.2) is 53.3 Å². The standard InChI is InChI=1S/C26H32N3O4S/c1-19(25(27)31)7-12-24(30)28-23(26(32)29-13-15-34-16-14-29)17-20-8-10-22(11-9-20)33-18-21-5-3-2-4-6-21/h2-6,8-12,19,23H,7,13-18H2,1H3,(H2,27,31)(H,28,30). The van der Waals surface area contributed by atoms with Crippen LogP contribution in [0.25, 0.3) is 0 Å². The van der Waals surface area contributed by atoms with Gasteiger partial charge in [0.25, 0.3) is 0 Å². The molecule has 1 aliphatic rings. The van der Waals surface area contributed by atoms with Crippen molar-refractivity contribution in [1.29, 1.82) is 0 Å². The fourth-order valence-corrected chi connectivity index (χ4v) is 4.44. The molecular formula is C26H32N3O4S. The van der Waals surface area contributed by atoms with Gasteiger partial charge in [-0.15, -0.1) is 0 Å². The number of benzene rings is 2. The molecule has 1 saturated heterocycles. The van der Waals surface area contributed by atoms with Gasteiger partial charge in [0.05, 0.1) is 6.42 Å². The summed E-state index contributed by atoms with van der Waals surface area (Å²) in [6.07, 6.45) is 1.99. The van der Waals surface area contributed by atoms with Gasteiger partial charge in [-0.1, -0.05) is 49.4 Å². The highest BCUT2D eigenvalue weighted by Gasteiger charge is 2.27. The van der Waals surface area contributed by atoms with Gasteiger partial charge in [-0.3, -0.25) is 14.4 Å². The number of nitrogens with one attached hydrogen (secondary N) is 1. The van der Waals surface area contributed by atoms with Crippen LogP contribution < -0.4 is 15.8 Å². The van der Waals surface area contributed by atoms with Crippen LogP contribution in [0.1, 0.15) is 24.5 Å². The Morgan fingerprint density at radius 2 is 1.74 bits per heavy atom. The zero-order valence-corrected chi connectivity index (χ0v) is 20.3. The Bertz CT molecular complexity index is 946. The van der Waals surface area contributed by atoms with Gasteiger partial charge in [0.1, 0.15) is 18.4 Å². The smallest absolute Gasteiger partial charge is 0.245 e. The third kappa shape index (κ3) is 8.09. The van der Waals surface area contributed by atoms with Gasteiger partial charge in [-0.2, -0.15) is 11.8 Å². The minimum Gasteiger partial charge on any atom is -0.489 e. The number of ether oxygens (including phenoxy) is 1. The summed E-state index contributed by atoms with van der Waals surface area (Å²) in [5, 5.41) is 2.84. The fourth-order valence-electron chi connectivity index (χ4n) is 3.53. The molecule has 3 rings (SSSR count). The maximum Gasteiger partial charge on any atom is 0.245 e. The quantitative estimate of drug-likeness (QED) is 0.513. The lowest BCUT2D eigenvalue weighted by atomic mass is 10.0. The number of carbonyl (C=O) groups excluding carboxylic acids is 3. The Kier molecular flexibility index (Phi) is 9.82. The number of rotatable bonds is 11. The zero-order valence-electron chi connectivity index (χ0n) is 19.4. The maximum absolute atomic E-state index is 13.2. The monoisotopic (exact) mass is 482 g/mol. The molecule has 1 heterocycles. The third-order valence-electron chi connectivity index (χ3n) is 5.69. The normalized spacial score (nSPS) is 15.3. The summed E-state index contributed by atoms with van der Waals surface area (Å²) in [7, 11) is 0. The molecule has 0 aromatic heterocycles. The van der Waals surface area contributed by atoms with Crippen LogP contribution in [0.4, 0.5) is 0 Å². The molecule has 3 amide bonds. The molecule has 2 atom stereocenters. The number of thioether (sulfide) groups is 1. The number of hydrogen-bond donors (Lipinski definition) is 2. The molecule has 34 heavy (non-hydrogen) atoms. The molecule has 2 aromatic carbocycles. The second-order valence-electron chi connectivity index (χ2n) is 8.36. The van der Waals surface area contributed by atoms with E-state index in [1.165, 1.54) is 6.42 Å². The first-order chi connectivity index (χ1) is 16.4. The number of primary amides is 1.